The largest absolute Gasteiger partial charge is 0.411 e. The molecule has 0 amide bonds. The Labute approximate surface area is 103 Å². The molecule has 102 valence electrons. The molecule has 7 heteroatoms. The van der Waals surface area contributed by atoms with E-state index in [1.54, 1.807) is 10.9 Å². The summed E-state index contributed by atoms with van der Waals surface area (Å²) in [4.78, 5) is 0. The number of hydrogen-bond acceptors (Lipinski definition) is 3. The average molecular weight is 263 g/mol. The Hall–Kier alpha value is -1.08. The third-order valence-corrected chi connectivity index (χ3v) is 2.59. The molecule has 1 aromatic rings. The van der Waals surface area contributed by atoms with Crippen molar-refractivity contribution in [3.05, 3.63) is 18.0 Å². The standard InChI is InChI=1S/C11H16F3N3O/c12-11(13,14)8-18-4-3-17-7-9(6-16-17)5-15-10-1-2-10/h6-7,10,15H,1-5,8H2. The molecule has 1 N–H and O–H groups in total. The van der Waals surface area contributed by atoms with E-state index in [2.05, 4.69) is 15.2 Å². The Morgan fingerprint density at radius 1 is 1.44 bits per heavy atom. The van der Waals surface area contributed by atoms with Crippen molar-refractivity contribution < 1.29 is 17.9 Å². The van der Waals surface area contributed by atoms with Gasteiger partial charge in [-0.1, -0.05) is 0 Å². The number of aromatic nitrogens is 2. The molecule has 1 fully saturated rings. The Balaban J connectivity index is 1.63. The van der Waals surface area contributed by atoms with Crippen LogP contribution in [0.4, 0.5) is 13.2 Å². The predicted molar refractivity (Wildman–Crippen MR) is 59.0 cm³/mol. The maximum Gasteiger partial charge on any atom is 0.411 e. The van der Waals surface area contributed by atoms with Crippen LogP contribution in [0.25, 0.3) is 0 Å². The average Bonchev–Trinajstić information content (AvgIpc) is 3.00. The molecule has 0 aliphatic heterocycles. The van der Waals surface area contributed by atoms with Crippen LogP contribution >= 0.6 is 0 Å². The monoisotopic (exact) mass is 263 g/mol. The fourth-order valence-electron chi connectivity index (χ4n) is 1.52. The minimum atomic E-state index is -4.26. The highest BCUT2D eigenvalue weighted by atomic mass is 19.4. The Bertz CT molecular complexity index is 374. The molecule has 1 saturated carbocycles. The SMILES string of the molecule is FC(F)(F)COCCn1cc(CNC2CC2)cn1. The van der Waals surface area contributed by atoms with Gasteiger partial charge in [0.05, 0.1) is 19.3 Å². The van der Waals surface area contributed by atoms with Crippen LogP contribution in [0.1, 0.15) is 18.4 Å². The fraction of sp³-hybridized carbons (Fsp3) is 0.727. The fourth-order valence-corrected chi connectivity index (χ4v) is 1.52. The lowest BCUT2D eigenvalue weighted by atomic mass is 10.3. The Morgan fingerprint density at radius 2 is 2.22 bits per heavy atom. The van der Waals surface area contributed by atoms with Gasteiger partial charge >= 0.3 is 6.18 Å². The van der Waals surface area contributed by atoms with Gasteiger partial charge in [-0.2, -0.15) is 18.3 Å². The summed E-state index contributed by atoms with van der Waals surface area (Å²) in [7, 11) is 0. The van der Waals surface area contributed by atoms with E-state index < -0.39 is 12.8 Å². The molecule has 1 aromatic heterocycles. The molecule has 1 aliphatic carbocycles. The highest BCUT2D eigenvalue weighted by molar-refractivity contribution is 5.04. The van der Waals surface area contributed by atoms with E-state index in [4.69, 9.17) is 0 Å². The van der Waals surface area contributed by atoms with E-state index >= 15 is 0 Å². The summed E-state index contributed by atoms with van der Waals surface area (Å²) in [6, 6.07) is 0.628. The summed E-state index contributed by atoms with van der Waals surface area (Å²) in [6.45, 7) is -0.103. The second kappa shape index (κ2) is 5.71. The smallest absolute Gasteiger partial charge is 0.370 e. The highest BCUT2D eigenvalue weighted by Crippen LogP contribution is 2.19. The lowest BCUT2D eigenvalue weighted by Gasteiger charge is -2.07. The van der Waals surface area contributed by atoms with Crippen molar-refractivity contribution >= 4 is 0 Å². The summed E-state index contributed by atoms with van der Waals surface area (Å²) in [5, 5.41) is 7.40. The van der Waals surface area contributed by atoms with Crippen molar-refractivity contribution in [1.29, 1.82) is 0 Å². The normalized spacial score (nSPS) is 16.2. The Kier molecular flexibility index (Phi) is 4.23. The van der Waals surface area contributed by atoms with Crippen molar-refractivity contribution in [2.24, 2.45) is 0 Å². The van der Waals surface area contributed by atoms with Crippen molar-refractivity contribution in [2.75, 3.05) is 13.2 Å². The number of halogens is 3. The van der Waals surface area contributed by atoms with Crippen LogP contribution in [-0.4, -0.2) is 35.2 Å². The van der Waals surface area contributed by atoms with Crippen LogP contribution in [0.2, 0.25) is 0 Å². The van der Waals surface area contributed by atoms with E-state index in [1.165, 1.54) is 12.8 Å². The van der Waals surface area contributed by atoms with Gasteiger partial charge in [-0.15, -0.1) is 0 Å². The first-order valence-electron chi connectivity index (χ1n) is 5.92. The molecule has 0 aromatic carbocycles. The van der Waals surface area contributed by atoms with Gasteiger partial charge in [0, 0.05) is 24.3 Å². The van der Waals surface area contributed by atoms with Crippen LogP contribution in [0.15, 0.2) is 12.4 Å². The zero-order valence-electron chi connectivity index (χ0n) is 9.91. The molecule has 4 nitrogen and oxygen atoms in total. The second-order valence-electron chi connectivity index (χ2n) is 4.43. The zero-order chi connectivity index (χ0) is 13.0. The maximum atomic E-state index is 11.8. The predicted octanol–water partition coefficient (Wildman–Crippen LogP) is 1.71. The molecule has 0 atom stereocenters. The van der Waals surface area contributed by atoms with Crippen LogP contribution in [-0.2, 0) is 17.8 Å². The summed E-state index contributed by atoms with van der Waals surface area (Å²) >= 11 is 0. The van der Waals surface area contributed by atoms with Crippen molar-refractivity contribution in [3.63, 3.8) is 0 Å². The number of rotatable bonds is 7. The van der Waals surface area contributed by atoms with Gasteiger partial charge in [0.15, 0.2) is 0 Å². The van der Waals surface area contributed by atoms with E-state index in [9.17, 15) is 13.2 Å². The third kappa shape index (κ3) is 5.05. The van der Waals surface area contributed by atoms with Gasteiger partial charge in [-0.3, -0.25) is 4.68 Å². The van der Waals surface area contributed by atoms with Crippen LogP contribution in [0.5, 0.6) is 0 Å². The van der Waals surface area contributed by atoms with Gasteiger partial charge in [-0.05, 0) is 12.8 Å². The van der Waals surface area contributed by atoms with Crippen molar-refractivity contribution in [1.82, 2.24) is 15.1 Å². The number of hydrogen-bond donors (Lipinski definition) is 1. The zero-order valence-corrected chi connectivity index (χ0v) is 9.91. The summed E-state index contributed by atoms with van der Waals surface area (Å²) < 4.78 is 41.6. The maximum absolute atomic E-state index is 11.8. The molecule has 1 aliphatic rings. The minimum Gasteiger partial charge on any atom is -0.370 e. The first-order chi connectivity index (χ1) is 8.53. The van der Waals surface area contributed by atoms with Crippen LogP contribution in [0.3, 0.4) is 0 Å². The number of ether oxygens (including phenoxy) is 1. The van der Waals surface area contributed by atoms with Gasteiger partial charge in [0.2, 0.25) is 0 Å². The molecule has 1 heterocycles. The number of nitrogens with one attached hydrogen (secondary N) is 1. The van der Waals surface area contributed by atoms with E-state index in [0.717, 1.165) is 12.1 Å². The van der Waals surface area contributed by atoms with Crippen LogP contribution < -0.4 is 5.32 Å². The topological polar surface area (TPSA) is 39.1 Å². The van der Waals surface area contributed by atoms with Crippen molar-refractivity contribution in [2.45, 2.75) is 38.1 Å². The lowest BCUT2D eigenvalue weighted by molar-refractivity contribution is -0.174. The van der Waals surface area contributed by atoms with E-state index in [0.29, 0.717) is 12.6 Å². The Morgan fingerprint density at radius 3 is 2.89 bits per heavy atom. The molecule has 0 radical (unpaired) electrons. The minimum absolute atomic E-state index is 0.0106. The second-order valence-corrected chi connectivity index (χ2v) is 4.43. The summed E-state index contributed by atoms with van der Waals surface area (Å²) in [6.07, 6.45) is 1.73. The molecule has 0 saturated heterocycles. The third-order valence-electron chi connectivity index (χ3n) is 2.59. The van der Waals surface area contributed by atoms with Gasteiger partial charge < -0.3 is 10.1 Å². The van der Waals surface area contributed by atoms with E-state index in [-0.39, 0.29) is 6.61 Å². The van der Waals surface area contributed by atoms with Gasteiger partial charge in [0.25, 0.3) is 0 Å². The van der Waals surface area contributed by atoms with Gasteiger partial charge in [0.1, 0.15) is 6.61 Å². The molecular formula is C11H16F3N3O. The summed E-state index contributed by atoms with van der Waals surface area (Å²) in [5.74, 6) is 0. The van der Waals surface area contributed by atoms with Crippen LogP contribution in [0, 0.1) is 0 Å². The molecule has 0 spiro atoms. The molecule has 0 unspecified atom stereocenters. The highest BCUT2D eigenvalue weighted by Gasteiger charge is 2.27. The summed E-state index contributed by atoms with van der Waals surface area (Å²) in [5.41, 5.74) is 1.04. The molecule has 2 rings (SSSR count). The molecule has 18 heavy (non-hydrogen) atoms. The first-order valence-corrected chi connectivity index (χ1v) is 5.92. The molecule has 0 bridgehead atoms. The van der Waals surface area contributed by atoms with Gasteiger partial charge in [-0.25, -0.2) is 0 Å². The van der Waals surface area contributed by atoms with Crippen molar-refractivity contribution in [3.8, 4) is 0 Å². The quantitative estimate of drug-likeness (QED) is 0.761. The van der Waals surface area contributed by atoms with E-state index in [1.807, 2.05) is 6.20 Å². The molecular weight excluding hydrogens is 247 g/mol. The number of alkyl halides is 3. The lowest BCUT2D eigenvalue weighted by Crippen LogP contribution is -2.19. The number of nitrogens with zero attached hydrogens (tertiary/aromatic N) is 2. The first kappa shape index (κ1) is 13.4.